The molecular formula is C9H8N4S. The second-order valence-corrected chi connectivity index (χ2v) is 3.66. The maximum atomic E-state index is 5.51. The van der Waals surface area contributed by atoms with Crippen LogP contribution < -0.4 is 5.73 Å². The van der Waals surface area contributed by atoms with Gasteiger partial charge < -0.3 is 5.73 Å². The number of hydrogen-bond donors (Lipinski definition) is 1. The summed E-state index contributed by atoms with van der Waals surface area (Å²) >= 11 is 1.51. The van der Waals surface area contributed by atoms with Crippen LogP contribution >= 0.6 is 11.8 Å². The molecule has 0 amide bonds. The van der Waals surface area contributed by atoms with E-state index in [1.165, 1.54) is 18.0 Å². The number of anilines is 1. The number of hydrogen-bond acceptors (Lipinski definition) is 5. The third-order valence-electron chi connectivity index (χ3n) is 1.50. The first-order chi connectivity index (χ1) is 6.84. The van der Waals surface area contributed by atoms with Crippen LogP contribution in [0.1, 0.15) is 0 Å². The minimum Gasteiger partial charge on any atom is -0.382 e. The van der Waals surface area contributed by atoms with Crippen molar-refractivity contribution in [1.82, 2.24) is 15.0 Å². The molecule has 0 aliphatic heterocycles. The van der Waals surface area contributed by atoms with E-state index in [1.807, 2.05) is 12.1 Å². The Balaban J connectivity index is 2.19. The van der Waals surface area contributed by atoms with Gasteiger partial charge in [-0.05, 0) is 12.1 Å². The molecule has 0 saturated heterocycles. The lowest BCUT2D eigenvalue weighted by atomic mass is 10.5. The summed E-state index contributed by atoms with van der Waals surface area (Å²) in [6.07, 6.45) is 6.68. The summed E-state index contributed by atoms with van der Waals surface area (Å²) in [5.41, 5.74) is 5.51. The summed E-state index contributed by atoms with van der Waals surface area (Å²) in [6.45, 7) is 0. The van der Waals surface area contributed by atoms with Crippen molar-refractivity contribution >= 4 is 17.6 Å². The SMILES string of the molecule is Nc1cncc(Sc2ccncc2)n1. The van der Waals surface area contributed by atoms with E-state index < -0.39 is 0 Å². The van der Waals surface area contributed by atoms with Gasteiger partial charge in [0.1, 0.15) is 10.8 Å². The fraction of sp³-hybridized carbons (Fsp3) is 0. The molecule has 0 aliphatic rings. The lowest BCUT2D eigenvalue weighted by Crippen LogP contribution is -1.91. The Morgan fingerprint density at radius 3 is 2.57 bits per heavy atom. The summed E-state index contributed by atoms with van der Waals surface area (Å²) in [4.78, 5) is 13.1. The first-order valence-electron chi connectivity index (χ1n) is 4.00. The first-order valence-corrected chi connectivity index (χ1v) is 4.81. The molecule has 2 heterocycles. The van der Waals surface area contributed by atoms with Crippen molar-refractivity contribution in [2.45, 2.75) is 9.92 Å². The zero-order valence-electron chi connectivity index (χ0n) is 7.29. The second kappa shape index (κ2) is 4.06. The van der Waals surface area contributed by atoms with Gasteiger partial charge in [-0.1, -0.05) is 11.8 Å². The lowest BCUT2D eigenvalue weighted by Gasteiger charge is -1.99. The van der Waals surface area contributed by atoms with E-state index in [4.69, 9.17) is 5.73 Å². The molecule has 0 aromatic carbocycles. The van der Waals surface area contributed by atoms with Gasteiger partial charge in [0.2, 0.25) is 0 Å². The fourth-order valence-corrected chi connectivity index (χ4v) is 1.70. The maximum Gasteiger partial charge on any atom is 0.143 e. The van der Waals surface area contributed by atoms with Crippen LogP contribution in [0.25, 0.3) is 0 Å². The summed E-state index contributed by atoms with van der Waals surface area (Å²) < 4.78 is 0. The van der Waals surface area contributed by atoms with Crippen LogP contribution in [0.15, 0.2) is 46.8 Å². The third-order valence-corrected chi connectivity index (χ3v) is 2.42. The number of nitrogen functional groups attached to an aromatic ring is 1. The molecule has 4 nitrogen and oxygen atoms in total. The first kappa shape index (κ1) is 8.96. The van der Waals surface area contributed by atoms with Gasteiger partial charge in [-0.15, -0.1) is 0 Å². The van der Waals surface area contributed by atoms with Crippen LogP contribution in [0.4, 0.5) is 5.82 Å². The Bertz CT molecular complexity index is 418. The van der Waals surface area contributed by atoms with Crippen LogP contribution in [-0.4, -0.2) is 15.0 Å². The molecule has 5 heteroatoms. The zero-order valence-corrected chi connectivity index (χ0v) is 8.11. The molecule has 0 aliphatic carbocycles. The van der Waals surface area contributed by atoms with Crippen LogP contribution in [0.3, 0.4) is 0 Å². The van der Waals surface area contributed by atoms with E-state index in [1.54, 1.807) is 18.6 Å². The van der Waals surface area contributed by atoms with Gasteiger partial charge >= 0.3 is 0 Å². The second-order valence-electron chi connectivity index (χ2n) is 2.57. The van der Waals surface area contributed by atoms with Gasteiger partial charge in [0, 0.05) is 17.3 Å². The smallest absolute Gasteiger partial charge is 0.143 e. The molecule has 0 unspecified atom stereocenters. The Morgan fingerprint density at radius 2 is 1.86 bits per heavy atom. The number of nitrogens with two attached hydrogens (primary N) is 1. The molecule has 14 heavy (non-hydrogen) atoms. The van der Waals surface area contributed by atoms with Gasteiger partial charge in [0.25, 0.3) is 0 Å². The molecule has 0 spiro atoms. The minimum absolute atomic E-state index is 0.434. The van der Waals surface area contributed by atoms with Crippen LogP contribution in [-0.2, 0) is 0 Å². The fourth-order valence-electron chi connectivity index (χ4n) is 0.939. The third kappa shape index (κ3) is 2.20. The zero-order chi connectivity index (χ0) is 9.80. The molecule has 0 bridgehead atoms. The molecule has 0 atom stereocenters. The van der Waals surface area contributed by atoms with E-state index in [2.05, 4.69) is 15.0 Å². The number of nitrogens with zero attached hydrogens (tertiary/aromatic N) is 3. The predicted molar refractivity (Wildman–Crippen MR) is 54.8 cm³/mol. The number of rotatable bonds is 2. The van der Waals surface area contributed by atoms with Crippen molar-refractivity contribution in [2.75, 3.05) is 5.73 Å². The molecular weight excluding hydrogens is 196 g/mol. The van der Waals surface area contributed by atoms with Gasteiger partial charge in [-0.25, -0.2) is 4.98 Å². The van der Waals surface area contributed by atoms with Crippen LogP contribution in [0.2, 0.25) is 0 Å². The van der Waals surface area contributed by atoms with Crippen molar-refractivity contribution in [2.24, 2.45) is 0 Å². The molecule has 2 N–H and O–H groups in total. The average molecular weight is 204 g/mol. The number of pyridine rings is 1. The standard InChI is InChI=1S/C9H8N4S/c10-8-5-12-6-9(13-8)14-7-1-3-11-4-2-7/h1-6H,(H2,10,13). The van der Waals surface area contributed by atoms with Gasteiger partial charge in [-0.3, -0.25) is 9.97 Å². The van der Waals surface area contributed by atoms with E-state index in [-0.39, 0.29) is 0 Å². The molecule has 2 aromatic rings. The topological polar surface area (TPSA) is 64.7 Å². The summed E-state index contributed by atoms with van der Waals surface area (Å²) in [5.74, 6) is 0.434. The van der Waals surface area contributed by atoms with Crippen LogP contribution in [0, 0.1) is 0 Å². The van der Waals surface area contributed by atoms with Crippen molar-refractivity contribution in [1.29, 1.82) is 0 Å². The molecule has 0 fully saturated rings. The van der Waals surface area contributed by atoms with Gasteiger partial charge in [0.15, 0.2) is 0 Å². The Hall–Kier alpha value is -1.62. The molecule has 0 saturated carbocycles. The van der Waals surface area contributed by atoms with Crippen LogP contribution in [0.5, 0.6) is 0 Å². The Labute approximate surface area is 85.6 Å². The average Bonchev–Trinajstić information content (AvgIpc) is 2.19. The highest BCUT2D eigenvalue weighted by atomic mass is 32.2. The Morgan fingerprint density at radius 1 is 1.07 bits per heavy atom. The van der Waals surface area contributed by atoms with E-state index in [0.717, 1.165) is 9.92 Å². The van der Waals surface area contributed by atoms with Crippen molar-refractivity contribution in [3.05, 3.63) is 36.9 Å². The predicted octanol–water partition coefficient (Wildman–Crippen LogP) is 1.61. The van der Waals surface area contributed by atoms with Crippen molar-refractivity contribution < 1.29 is 0 Å². The highest BCUT2D eigenvalue weighted by Gasteiger charge is 1.98. The normalized spacial score (nSPS) is 10.0. The summed E-state index contributed by atoms with van der Waals surface area (Å²) in [5, 5.41) is 0.788. The van der Waals surface area contributed by atoms with Crippen molar-refractivity contribution in [3.8, 4) is 0 Å². The summed E-state index contributed by atoms with van der Waals surface area (Å²) in [6, 6.07) is 3.82. The quantitative estimate of drug-likeness (QED) is 0.805. The molecule has 0 radical (unpaired) electrons. The molecule has 2 rings (SSSR count). The van der Waals surface area contributed by atoms with E-state index in [9.17, 15) is 0 Å². The van der Waals surface area contributed by atoms with Gasteiger partial charge in [0.05, 0.1) is 12.4 Å². The van der Waals surface area contributed by atoms with E-state index in [0.29, 0.717) is 5.82 Å². The Kier molecular flexibility index (Phi) is 2.60. The van der Waals surface area contributed by atoms with Gasteiger partial charge in [-0.2, -0.15) is 0 Å². The van der Waals surface area contributed by atoms with E-state index >= 15 is 0 Å². The van der Waals surface area contributed by atoms with Crippen molar-refractivity contribution in [3.63, 3.8) is 0 Å². The monoisotopic (exact) mass is 204 g/mol. The number of aromatic nitrogens is 3. The lowest BCUT2D eigenvalue weighted by molar-refractivity contribution is 1.07. The largest absolute Gasteiger partial charge is 0.382 e. The minimum atomic E-state index is 0.434. The highest BCUT2D eigenvalue weighted by Crippen LogP contribution is 2.24. The highest BCUT2D eigenvalue weighted by molar-refractivity contribution is 7.99. The molecule has 2 aromatic heterocycles. The molecule has 70 valence electrons. The maximum absolute atomic E-state index is 5.51. The summed E-state index contributed by atoms with van der Waals surface area (Å²) in [7, 11) is 0.